The van der Waals surface area contributed by atoms with Gasteiger partial charge in [0, 0.05) is 13.0 Å². The molecular formula is C15H22N2O3. The molecule has 0 aromatic heterocycles. The number of urea groups is 1. The topological polar surface area (TPSA) is 78.4 Å². The van der Waals surface area contributed by atoms with E-state index in [1.807, 2.05) is 44.2 Å². The maximum absolute atomic E-state index is 11.8. The summed E-state index contributed by atoms with van der Waals surface area (Å²) in [5, 5.41) is 14.1. The Kier molecular flexibility index (Phi) is 6.56. The first kappa shape index (κ1) is 16.0. The highest BCUT2D eigenvalue weighted by Gasteiger charge is 2.17. The Morgan fingerprint density at radius 2 is 1.85 bits per heavy atom. The monoisotopic (exact) mass is 278 g/mol. The second kappa shape index (κ2) is 8.19. The van der Waals surface area contributed by atoms with Gasteiger partial charge in [-0.1, -0.05) is 44.2 Å². The highest BCUT2D eigenvalue weighted by atomic mass is 16.4. The zero-order valence-electron chi connectivity index (χ0n) is 11.9. The second-order valence-electron chi connectivity index (χ2n) is 5.03. The van der Waals surface area contributed by atoms with Gasteiger partial charge >= 0.3 is 12.0 Å². The molecule has 0 bridgehead atoms. The fraction of sp³-hybridized carbons (Fsp3) is 0.467. The summed E-state index contributed by atoms with van der Waals surface area (Å²) in [5.41, 5.74) is 1.06. The maximum Gasteiger partial charge on any atom is 0.315 e. The van der Waals surface area contributed by atoms with Crippen LogP contribution in [0, 0.1) is 5.92 Å². The molecule has 3 N–H and O–H groups in total. The molecule has 2 amide bonds. The summed E-state index contributed by atoms with van der Waals surface area (Å²) in [6, 6.07) is 9.46. The molecule has 0 heterocycles. The second-order valence-corrected chi connectivity index (χ2v) is 5.03. The quantitative estimate of drug-likeness (QED) is 0.671. The largest absolute Gasteiger partial charge is 0.481 e. The van der Waals surface area contributed by atoms with Crippen molar-refractivity contribution in [2.45, 2.75) is 32.7 Å². The van der Waals surface area contributed by atoms with Crippen LogP contribution in [0.15, 0.2) is 30.3 Å². The van der Waals surface area contributed by atoms with Gasteiger partial charge in [0.05, 0.1) is 6.04 Å². The van der Waals surface area contributed by atoms with Crippen LogP contribution < -0.4 is 10.6 Å². The molecule has 0 fully saturated rings. The summed E-state index contributed by atoms with van der Waals surface area (Å²) >= 11 is 0. The first-order valence-electron chi connectivity index (χ1n) is 6.82. The van der Waals surface area contributed by atoms with Gasteiger partial charge in [0.1, 0.15) is 0 Å². The fourth-order valence-corrected chi connectivity index (χ4v) is 1.93. The number of hydrogen-bond donors (Lipinski definition) is 3. The summed E-state index contributed by atoms with van der Waals surface area (Å²) in [6.45, 7) is 4.45. The van der Waals surface area contributed by atoms with Crippen LogP contribution in [0.25, 0.3) is 0 Å². The van der Waals surface area contributed by atoms with E-state index in [-0.39, 0.29) is 24.4 Å². The number of aliphatic carboxylic acids is 1. The van der Waals surface area contributed by atoms with Gasteiger partial charge in [-0.2, -0.15) is 0 Å². The minimum atomic E-state index is -0.850. The highest BCUT2D eigenvalue weighted by molar-refractivity contribution is 5.74. The van der Waals surface area contributed by atoms with Crippen molar-refractivity contribution < 1.29 is 14.7 Å². The lowest BCUT2D eigenvalue weighted by Crippen LogP contribution is -2.40. The number of hydrogen-bond acceptors (Lipinski definition) is 2. The van der Waals surface area contributed by atoms with E-state index in [0.717, 1.165) is 5.56 Å². The third-order valence-electron chi connectivity index (χ3n) is 2.96. The van der Waals surface area contributed by atoms with E-state index in [4.69, 9.17) is 5.11 Å². The number of carboxylic acids is 1. The first-order chi connectivity index (χ1) is 9.50. The van der Waals surface area contributed by atoms with Crippen molar-refractivity contribution in [3.8, 4) is 0 Å². The Morgan fingerprint density at radius 1 is 1.20 bits per heavy atom. The lowest BCUT2D eigenvalue weighted by Gasteiger charge is -2.23. The van der Waals surface area contributed by atoms with E-state index in [1.165, 1.54) is 0 Å². The summed E-state index contributed by atoms with van der Waals surface area (Å²) in [5.74, 6) is -0.585. The maximum atomic E-state index is 11.8. The predicted octanol–water partition coefficient (Wildman–Crippen LogP) is 2.55. The molecule has 0 aliphatic carbocycles. The molecule has 110 valence electrons. The molecule has 0 saturated heterocycles. The van der Waals surface area contributed by atoms with Gasteiger partial charge in [-0.05, 0) is 17.9 Å². The first-order valence-corrected chi connectivity index (χ1v) is 6.82. The van der Waals surface area contributed by atoms with Crippen LogP contribution in [0.4, 0.5) is 4.79 Å². The van der Waals surface area contributed by atoms with Gasteiger partial charge in [-0.3, -0.25) is 4.79 Å². The Bertz CT molecular complexity index is 432. The molecule has 0 saturated carbocycles. The number of carbonyl (C=O) groups is 2. The lowest BCUT2D eigenvalue weighted by molar-refractivity contribution is -0.137. The van der Waals surface area contributed by atoms with Crippen LogP contribution in [0.1, 0.15) is 38.3 Å². The normalized spacial score (nSPS) is 11.9. The standard InChI is InChI=1S/C15H22N2O3/c1-11(2)14(12-7-4-3-5-8-12)17-15(20)16-10-6-9-13(18)19/h3-5,7-8,11,14H,6,9-10H2,1-2H3,(H,18,19)(H2,16,17,20). The summed E-state index contributed by atoms with van der Waals surface area (Å²) in [6.07, 6.45) is 0.493. The van der Waals surface area contributed by atoms with E-state index in [2.05, 4.69) is 10.6 Å². The van der Waals surface area contributed by atoms with Gasteiger partial charge in [0.25, 0.3) is 0 Å². The zero-order chi connectivity index (χ0) is 15.0. The van der Waals surface area contributed by atoms with Crippen molar-refractivity contribution in [3.63, 3.8) is 0 Å². The van der Waals surface area contributed by atoms with Crippen LogP contribution in [0.5, 0.6) is 0 Å². The van der Waals surface area contributed by atoms with Crippen LogP contribution in [0.2, 0.25) is 0 Å². The molecule has 1 atom stereocenters. The molecule has 0 aliphatic rings. The average Bonchev–Trinajstić information content (AvgIpc) is 2.41. The molecule has 20 heavy (non-hydrogen) atoms. The Labute approximate surface area is 119 Å². The van der Waals surface area contributed by atoms with Crippen LogP contribution in [-0.2, 0) is 4.79 Å². The van der Waals surface area contributed by atoms with Gasteiger partial charge in [0.2, 0.25) is 0 Å². The highest BCUT2D eigenvalue weighted by Crippen LogP contribution is 2.20. The Morgan fingerprint density at radius 3 is 2.40 bits per heavy atom. The van der Waals surface area contributed by atoms with Gasteiger partial charge < -0.3 is 15.7 Å². The molecule has 5 heteroatoms. The van der Waals surface area contributed by atoms with E-state index in [1.54, 1.807) is 0 Å². The molecule has 5 nitrogen and oxygen atoms in total. The molecule has 1 aromatic carbocycles. The van der Waals surface area contributed by atoms with E-state index in [0.29, 0.717) is 13.0 Å². The predicted molar refractivity (Wildman–Crippen MR) is 77.4 cm³/mol. The van der Waals surface area contributed by atoms with Crippen molar-refractivity contribution >= 4 is 12.0 Å². The van der Waals surface area contributed by atoms with Crippen molar-refractivity contribution in [2.24, 2.45) is 5.92 Å². The van der Waals surface area contributed by atoms with E-state index >= 15 is 0 Å². The molecule has 0 aliphatic heterocycles. The Hall–Kier alpha value is -2.04. The smallest absolute Gasteiger partial charge is 0.315 e. The summed E-state index contributed by atoms with van der Waals surface area (Å²) < 4.78 is 0. The van der Waals surface area contributed by atoms with E-state index < -0.39 is 5.97 Å². The number of amides is 2. The minimum absolute atomic E-state index is 0.0596. The average molecular weight is 278 g/mol. The van der Waals surface area contributed by atoms with Crippen molar-refractivity contribution in [1.82, 2.24) is 10.6 Å². The Balaban J connectivity index is 2.46. The fourth-order valence-electron chi connectivity index (χ4n) is 1.93. The van der Waals surface area contributed by atoms with Crippen LogP contribution in [0.3, 0.4) is 0 Å². The summed E-state index contributed by atoms with van der Waals surface area (Å²) in [4.78, 5) is 22.2. The van der Waals surface area contributed by atoms with Crippen LogP contribution in [-0.4, -0.2) is 23.7 Å². The number of benzene rings is 1. The molecule has 1 unspecified atom stereocenters. The molecule has 0 radical (unpaired) electrons. The summed E-state index contributed by atoms with van der Waals surface area (Å²) in [7, 11) is 0. The molecular weight excluding hydrogens is 256 g/mol. The van der Waals surface area contributed by atoms with Crippen LogP contribution >= 0.6 is 0 Å². The SMILES string of the molecule is CC(C)C(NC(=O)NCCCC(=O)O)c1ccccc1. The number of carboxylic acid groups (broad SMARTS) is 1. The van der Waals surface area contributed by atoms with Crippen molar-refractivity contribution in [1.29, 1.82) is 0 Å². The lowest BCUT2D eigenvalue weighted by atomic mass is 9.96. The number of nitrogens with one attached hydrogen (secondary N) is 2. The minimum Gasteiger partial charge on any atom is -0.481 e. The third-order valence-corrected chi connectivity index (χ3v) is 2.96. The molecule has 1 rings (SSSR count). The zero-order valence-corrected chi connectivity index (χ0v) is 11.9. The third kappa shape index (κ3) is 5.73. The molecule has 1 aromatic rings. The van der Waals surface area contributed by atoms with Gasteiger partial charge in [-0.15, -0.1) is 0 Å². The van der Waals surface area contributed by atoms with E-state index in [9.17, 15) is 9.59 Å². The number of rotatable bonds is 7. The van der Waals surface area contributed by atoms with Gasteiger partial charge in [-0.25, -0.2) is 4.79 Å². The van der Waals surface area contributed by atoms with Crippen molar-refractivity contribution in [2.75, 3.05) is 6.54 Å². The molecule has 0 spiro atoms. The van der Waals surface area contributed by atoms with Gasteiger partial charge in [0.15, 0.2) is 0 Å². The number of carbonyl (C=O) groups excluding carboxylic acids is 1. The van der Waals surface area contributed by atoms with Crippen molar-refractivity contribution in [3.05, 3.63) is 35.9 Å².